The zero-order valence-electron chi connectivity index (χ0n) is 21.2. The molecule has 1 aliphatic heterocycles. The predicted molar refractivity (Wildman–Crippen MR) is 146 cm³/mol. The van der Waals surface area contributed by atoms with Crippen LogP contribution in [0.3, 0.4) is 0 Å². The Bertz CT molecular complexity index is 1580. The molecule has 2 aromatic heterocycles. The molecule has 0 saturated carbocycles. The highest BCUT2D eigenvalue weighted by Gasteiger charge is 2.34. The number of carbonyl (C=O) groups is 1. The fourth-order valence-electron chi connectivity index (χ4n) is 4.37. The number of anilines is 1. The summed E-state index contributed by atoms with van der Waals surface area (Å²) >= 11 is 0. The Balaban J connectivity index is 1.35. The number of aromatic nitrogens is 3. The first-order valence-electron chi connectivity index (χ1n) is 12.3. The van der Waals surface area contributed by atoms with Crippen molar-refractivity contribution in [1.82, 2.24) is 24.2 Å². The fraction of sp³-hybridized carbons (Fsp3) is 0.250. The highest BCUT2D eigenvalue weighted by Crippen LogP contribution is 2.35. The van der Waals surface area contributed by atoms with Crippen molar-refractivity contribution in [2.45, 2.75) is 19.6 Å². The van der Waals surface area contributed by atoms with Crippen molar-refractivity contribution in [3.63, 3.8) is 0 Å². The highest BCUT2D eigenvalue weighted by atomic mass is 31.0. The van der Waals surface area contributed by atoms with Crippen LogP contribution in [0.2, 0.25) is 0 Å². The molecule has 1 fully saturated rings. The number of alkyl halides is 3. The van der Waals surface area contributed by atoms with Gasteiger partial charge in [-0.3, -0.25) is 14.4 Å². The number of halogens is 3. The molecule has 1 amide bonds. The molecule has 4 aromatic rings. The summed E-state index contributed by atoms with van der Waals surface area (Å²) in [5.41, 5.74) is 2.54. The lowest BCUT2D eigenvalue weighted by atomic mass is 10.0. The maximum absolute atomic E-state index is 13.9. The minimum absolute atomic E-state index is 0.0795. The Hall–Kier alpha value is -3.77. The van der Waals surface area contributed by atoms with Crippen molar-refractivity contribution in [2.24, 2.45) is 0 Å². The maximum atomic E-state index is 13.9. The molecule has 2 aromatic carbocycles. The van der Waals surface area contributed by atoms with Crippen LogP contribution in [0.4, 0.5) is 18.9 Å². The Morgan fingerprint density at radius 2 is 1.87 bits per heavy atom. The molecular formula is C28H26F3N6OP. The lowest BCUT2D eigenvalue weighted by molar-refractivity contribution is -0.138. The highest BCUT2D eigenvalue weighted by molar-refractivity contribution is 7.13. The first-order valence-corrected chi connectivity index (χ1v) is 12.8. The molecule has 7 nitrogen and oxygen atoms in total. The topological polar surface area (TPSA) is 65.8 Å². The number of piperazine rings is 1. The van der Waals surface area contributed by atoms with Crippen molar-refractivity contribution < 1.29 is 18.0 Å². The molecule has 11 heteroatoms. The van der Waals surface area contributed by atoms with Gasteiger partial charge in [0.15, 0.2) is 5.65 Å². The molecule has 0 spiro atoms. The van der Waals surface area contributed by atoms with Gasteiger partial charge in [0.2, 0.25) is 0 Å². The van der Waals surface area contributed by atoms with Gasteiger partial charge >= 0.3 is 6.18 Å². The average molecular weight is 551 g/mol. The Kier molecular flexibility index (Phi) is 7.67. The van der Waals surface area contributed by atoms with E-state index in [4.69, 9.17) is 0 Å². The number of imidazole rings is 1. The molecule has 0 bridgehead atoms. The second kappa shape index (κ2) is 11.1. The van der Waals surface area contributed by atoms with Gasteiger partial charge in [-0.15, -0.1) is 0 Å². The van der Waals surface area contributed by atoms with Crippen molar-refractivity contribution >= 4 is 26.6 Å². The summed E-state index contributed by atoms with van der Waals surface area (Å²) < 4.78 is 45.5. The smallest absolute Gasteiger partial charge is 0.322 e. The summed E-state index contributed by atoms with van der Waals surface area (Å²) in [5, 5.41) is 6.85. The largest absolute Gasteiger partial charge is 0.416 e. The zero-order chi connectivity index (χ0) is 27.6. The maximum Gasteiger partial charge on any atom is 0.416 e. The van der Waals surface area contributed by atoms with Crippen LogP contribution in [0.15, 0.2) is 60.9 Å². The average Bonchev–Trinajstić information content (AvgIpc) is 3.33. The number of aryl methyl sites for hydroxylation is 1. The summed E-state index contributed by atoms with van der Waals surface area (Å²) in [4.78, 5) is 19.3. The third-order valence-corrected chi connectivity index (χ3v) is 7.09. The van der Waals surface area contributed by atoms with E-state index < -0.39 is 17.6 Å². The van der Waals surface area contributed by atoms with Crippen LogP contribution in [-0.4, -0.2) is 56.3 Å². The Morgan fingerprint density at radius 1 is 1.08 bits per heavy atom. The van der Waals surface area contributed by atoms with E-state index >= 15 is 0 Å². The van der Waals surface area contributed by atoms with Gasteiger partial charge in [-0.2, -0.15) is 18.3 Å². The molecule has 1 unspecified atom stereocenters. The van der Waals surface area contributed by atoms with E-state index in [-0.39, 0.29) is 23.4 Å². The number of hydrogen-bond donors (Lipinski definition) is 1. The minimum atomic E-state index is -4.54. The number of carbonyl (C=O) groups excluding carboxylic acids is 1. The second-order valence-electron chi connectivity index (χ2n) is 9.35. The van der Waals surface area contributed by atoms with Crippen LogP contribution in [0.25, 0.3) is 5.65 Å². The van der Waals surface area contributed by atoms with Crippen LogP contribution in [0.5, 0.6) is 0 Å². The van der Waals surface area contributed by atoms with Gasteiger partial charge in [-0.25, -0.2) is 9.50 Å². The number of amides is 1. The van der Waals surface area contributed by atoms with Crippen molar-refractivity contribution in [2.75, 3.05) is 31.5 Å². The molecule has 39 heavy (non-hydrogen) atoms. The summed E-state index contributed by atoms with van der Waals surface area (Å²) in [5.74, 6) is 5.56. The predicted octanol–water partition coefficient (Wildman–Crippen LogP) is 4.62. The summed E-state index contributed by atoms with van der Waals surface area (Å²) in [6.07, 6.45) is -1.29. The van der Waals surface area contributed by atoms with Gasteiger partial charge < -0.3 is 5.32 Å². The lowest BCUT2D eigenvalue weighted by Gasteiger charge is -2.32. The molecule has 1 aliphatic rings. The minimum Gasteiger partial charge on any atom is -0.322 e. The summed E-state index contributed by atoms with van der Waals surface area (Å²) in [6.45, 7) is 4.99. The molecule has 1 atom stereocenters. The van der Waals surface area contributed by atoms with E-state index in [2.05, 4.69) is 41.3 Å². The van der Waals surface area contributed by atoms with Crippen LogP contribution < -0.4 is 5.32 Å². The normalized spacial score (nSPS) is 14.7. The fourth-order valence-corrected chi connectivity index (χ4v) is 4.60. The Morgan fingerprint density at radius 3 is 2.64 bits per heavy atom. The van der Waals surface area contributed by atoms with Crippen molar-refractivity contribution in [3.05, 3.63) is 94.4 Å². The summed E-state index contributed by atoms with van der Waals surface area (Å²) in [6, 6.07) is 12.6. The van der Waals surface area contributed by atoms with E-state index in [9.17, 15) is 18.0 Å². The van der Waals surface area contributed by atoms with Crippen LogP contribution >= 0.6 is 9.39 Å². The van der Waals surface area contributed by atoms with E-state index in [0.717, 1.165) is 24.7 Å². The molecule has 0 aliphatic carbocycles. The number of nitrogens with one attached hydrogen (secondary N) is 1. The number of rotatable bonds is 4. The van der Waals surface area contributed by atoms with E-state index in [1.807, 2.05) is 17.9 Å². The van der Waals surface area contributed by atoms with Crippen LogP contribution in [0.1, 0.15) is 38.3 Å². The molecule has 0 radical (unpaired) electrons. The molecule has 200 valence electrons. The monoisotopic (exact) mass is 550 g/mol. The van der Waals surface area contributed by atoms with Gasteiger partial charge in [-0.05, 0) is 60.4 Å². The second-order valence-corrected chi connectivity index (χ2v) is 10.1. The SMILES string of the molecule is Cc1ccc(C(=O)Nc2ccc(CN3CCN(P)CC3)c(C(F)(F)F)c2)cc1C#Cc1cnc2cccnn12. The number of nitrogens with zero attached hydrogens (tertiary/aromatic N) is 5. The van der Waals surface area contributed by atoms with Crippen LogP contribution in [0, 0.1) is 18.8 Å². The number of hydrogen-bond acceptors (Lipinski definition) is 5. The van der Waals surface area contributed by atoms with E-state index in [1.165, 1.54) is 12.1 Å². The quantitative estimate of drug-likeness (QED) is 0.297. The lowest BCUT2D eigenvalue weighted by Crippen LogP contribution is -2.41. The van der Waals surface area contributed by atoms with Crippen LogP contribution in [-0.2, 0) is 12.7 Å². The van der Waals surface area contributed by atoms with Crippen molar-refractivity contribution in [1.29, 1.82) is 0 Å². The van der Waals surface area contributed by atoms with Gasteiger partial charge in [0.05, 0.1) is 11.8 Å². The van der Waals surface area contributed by atoms with Gasteiger partial charge in [0.1, 0.15) is 5.69 Å². The first-order chi connectivity index (χ1) is 18.7. The van der Waals surface area contributed by atoms with E-state index in [1.54, 1.807) is 41.2 Å². The van der Waals surface area contributed by atoms with Gasteiger partial charge in [-0.1, -0.05) is 27.4 Å². The molecule has 1 saturated heterocycles. The van der Waals surface area contributed by atoms with Crippen molar-refractivity contribution in [3.8, 4) is 11.8 Å². The zero-order valence-corrected chi connectivity index (χ0v) is 22.3. The Labute approximate surface area is 226 Å². The van der Waals surface area contributed by atoms with E-state index in [0.29, 0.717) is 30.0 Å². The molecule has 5 rings (SSSR count). The third-order valence-electron chi connectivity index (χ3n) is 6.58. The van der Waals surface area contributed by atoms with Gasteiger partial charge in [0, 0.05) is 55.7 Å². The number of benzene rings is 2. The summed E-state index contributed by atoms with van der Waals surface area (Å²) in [7, 11) is 2.62. The molecule has 3 heterocycles. The third kappa shape index (κ3) is 6.28. The molecular weight excluding hydrogens is 524 g/mol. The first kappa shape index (κ1) is 26.8. The number of fused-ring (bicyclic) bond motifs is 1. The van der Waals surface area contributed by atoms with Gasteiger partial charge in [0.25, 0.3) is 5.91 Å². The standard InChI is InChI=1S/C28H26F3N6OP/c1-19-4-5-21(15-20(19)7-9-24-17-32-26-3-2-10-33-37(24)26)27(38)34-23-8-6-22(25(16-23)28(29,30)31)18-35-11-13-36(39)14-12-35/h2-6,8,10,15-17H,11-14,18,39H2,1H3,(H,34,38). The molecule has 1 N–H and O–H groups in total.